The number of halogens is 2. The average Bonchev–Trinajstić information content (AvgIpc) is 2.49. The lowest BCUT2D eigenvalue weighted by Crippen LogP contribution is -2.26. The van der Waals surface area contributed by atoms with Crippen molar-refractivity contribution < 1.29 is 4.39 Å². The quantitative estimate of drug-likeness (QED) is 0.842. The third kappa shape index (κ3) is 4.81. The Bertz CT molecular complexity index is 540. The van der Waals surface area contributed by atoms with Crippen LogP contribution in [0, 0.1) is 5.82 Å². The number of nitrogens with two attached hydrogens (primary N) is 1. The summed E-state index contributed by atoms with van der Waals surface area (Å²) in [6, 6.07) is 14.9. The van der Waals surface area contributed by atoms with Crippen LogP contribution in [0.3, 0.4) is 0 Å². The maximum absolute atomic E-state index is 13.9. The molecule has 21 heavy (non-hydrogen) atoms. The van der Waals surface area contributed by atoms with Crippen molar-refractivity contribution in [3.63, 3.8) is 0 Å². The summed E-state index contributed by atoms with van der Waals surface area (Å²) in [6.07, 6.45) is 0.874. The van der Waals surface area contributed by atoms with Crippen molar-refractivity contribution >= 4 is 11.6 Å². The molecule has 4 heteroatoms. The number of nitrogens with zero attached hydrogens (tertiary/aromatic N) is 1. The first kappa shape index (κ1) is 16.0. The number of hydrogen-bond donors (Lipinski definition) is 1. The molecule has 2 nitrogen and oxygen atoms in total. The minimum atomic E-state index is -0.256. The Kier molecular flexibility index (Phi) is 6.18. The molecule has 0 radical (unpaired) electrons. The Morgan fingerprint density at radius 2 is 1.76 bits per heavy atom. The highest BCUT2D eigenvalue weighted by Gasteiger charge is 2.12. The average molecular weight is 307 g/mol. The predicted octanol–water partition coefficient (Wildman–Crippen LogP) is 3.83. The summed E-state index contributed by atoms with van der Waals surface area (Å²) in [6.45, 7) is 2.68. The molecule has 2 N–H and O–H groups in total. The lowest BCUT2D eigenvalue weighted by Gasteiger charge is -2.23. The van der Waals surface area contributed by atoms with Crippen LogP contribution < -0.4 is 5.73 Å². The standard InChI is InChI=1S/C17H20ClFN2/c18-16-8-4-9-17(19)15(16)13-21(11-5-10-20)12-14-6-2-1-3-7-14/h1-4,6-9H,5,10-13,20H2. The zero-order valence-corrected chi connectivity index (χ0v) is 12.7. The summed E-state index contributed by atoms with van der Waals surface area (Å²) in [5, 5.41) is 0.473. The van der Waals surface area contributed by atoms with Gasteiger partial charge in [-0.15, -0.1) is 0 Å². The SMILES string of the molecule is NCCCN(Cc1ccccc1)Cc1c(F)cccc1Cl. The highest BCUT2D eigenvalue weighted by molar-refractivity contribution is 6.31. The Labute approximate surface area is 130 Å². The van der Waals surface area contributed by atoms with E-state index >= 15 is 0 Å². The van der Waals surface area contributed by atoms with E-state index in [2.05, 4.69) is 17.0 Å². The van der Waals surface area contributed by atoms with Gasteiger partial charge in [-0.1, -0.05) is 48.0 Å². The summed E-state index contributed by atoms with van der Waals surface area (Å²) in [5.41, 5.74) is 7.34. The molecule has 2 rings (SSSR count). The molecule has 0 fully saturated rings. The predicted molar refractivity (Wildman–Crippen MR) is 85.6 cm³/mol. The Balaban J connectivity index is 2.12. The molecule has 0 saturated heterocycles. The molecule has 2 aromatic rings. The van der Waals surface area contributed by atoms with Gasteiger partial charge in [0.15, 0.2) is 0 Å². The maximum atomic E-state index is 13.9. The number of hydrogen-bond acceptors (Lipinski definition) is 2. The molecular formula is C17H20ClFN2. The first-order valence-corrected chi connectivity index (χ1v) is 7.47. The third-order valence-corrected chi connectivity index (χ3v) is 3.72. The summed E-state index contributed by atoms with van der Waals surface area (Å²) in [4.78, 5) is 2.17. The van der Waals surface area contributed by atoms with Gasteiger partial charge in [-0.05, 0) is 30.7 Å². The van der Waals surface area contributed by atoms with E-state index in [1.807, 2.05) is 18.2 Å². The molecule has 112 valence electrons. The normalized spacial score (nSPS) is 11.0. The van der Waals surface area contributed by atoms with E-state index in [9.17, 15) is 4.39 Å². The molecule has 2 aromatic carbocycles. The van der Waals surface area contributed by atoms with Crippen molar-refractivity contribution in [3.05, 3.63) is 70.5 Å². The summed E-state index contributed by atoms with van der Waals surface area (Å²) >= 11 is 6.12. The fourth-order valence-corrected chi connectivity index (χ4v) is 2.50. The van der Waals surface area contributed by atoms with Crippen molar-refractivity contribution in [2.45, 2.75) is 19.5 Å². The molecular weight excluding hydrogens is 287 g/mol. The zero-order chi connectivity index (χ0) is 15.1. The fourth-order valence-electron chi connectivity index (χ4n) is 2.28. The van der Waals surface area contributed by atoms with Crippen LogP contribution in [0.1, 0.15) is 17.5 Å². The number of benzene rings is 2. The van der Waals surface area contributed by atoms with Gasteiger partial charge >= 0.3 is 0 Å². The van der Waals surface area contributed by atoms with E-state index in [4.69, 9.17) is 17.3 Å². The Morgan fingerprint density at radius 3 is 2.43 bits per heavy atom. The van der Waals surface area contributed by atoms with Crippen LogP contribution in [0.2, 0.25) is 5.02 Å². The molecule has 0 unspecified atom stereocenters. The molecule has 0 bridgehead atoms. The summed E-state index contributed by atoms with van der Waals surface area (Å²) < 4.78 is 13.9. The monoisotopic (exact) mass is 306 g/mol. The molecule has 0 aliphatic heterocycles. The molecule has 0 aliphatic carbocycles. The second-order valence-electron chi connectivity index (χ2n) is 5.04. The van der Waals surface area contributed by atoms with Crippen LogP contribution in [-0.2, 0) is 13.1 Å². The van der Waals surface area contributed by atoms with Crippen LogP contribution in [0.15, 0.2) is 48.5 Å². The van der Waals surface area contributed by atoms with Gasteiger partial charge in [0.05, 0.1) is 0 Å². The molecule has 0 saturated carbocycles. The molecule has 0 spiro atoms. The van der Waals surface area contributed by atoms with Crippen molar-refractivity contribution in [2.75, 3.05) is 13.1 Å². The molecule has 0 atom stereocenters. The van der Waals surface area contributed by atoms with Gasteiger partial charge in [0.1, 0.15) is 5.82 Å². The molecule has 0 aromatic heterocycles. The van der Waals surface area contributed by atoms with E-state index in [1.54, 1.807) is 12.1 Å². The largest absolute Gasteiger partial charge is 0.330 e. The van der Waals surface area contributed by atoms with E-state index < -0.39 is 0 Å². The van der Waals surface area contributed by atoms with Crippen LogP contribution in [0.25, 0.3) is 0 Å². The third-order valence-electron chi connectivity index (χ3n) is 3.37. The van der Waals surface area contributed by atoms with Gasteiger partial charge < -0.3 is 5.73 Å². The van der Waals surface area contributed by atoms with Gasteiger partial charge in [-0.2, -0.15) is 0 Å². The van der Waals surface area contributed by atoms with Crippen LogP contribution in [-0.4, -0.2) is 18.0 Å². The van der Waals surface area contributed by atoms with Crippen molar-refractivity contribution in [1.29, 1.82) is 0 Å². The fraction of sp³-hybridized carbons (Fsp3) is 0.294. The highest BCUT2D eigenvalue weighted by atomic mass is 35.5. The van der Waals surface area contributed by atoms with Gasteiger partial charge in [0.2, 0.25) is 0 Å². The van der Waals surface area contributed by atoms with E-state index in [0.717, 1.165) is 19.5 Å². The second kappa shape index (κ2) is 8.13. The van der Waals surface area contributed by atoms with Crippen molar-refractivity contribution in [3.8, 4) is 0 Å². The summed E-state index contributed by atoms with van der Waals surface area (Å²) in [5.74, 6) is -0.256. The van der Waals surface area contributed by atoms with Gasteiger partial charge in [0.25, 0.3) is 0 Å². The minimum absolute atomic E-state index is 0.256. The Hall–Kier alpha value is -1.42. The molecule has 0 amide bonds. The Morgan fingerprint density at radius 1 is 1.00 bits per heavy atom. The van der Waals surface area contributed by atoms with Gasteiger partial charge in [-0.3, -0.25) is 4.90 Å². The maximum Gasteiger partial charge on any atom is 0.129 e. The van der Waals surface area contributed by atoms with Crippen LogP contribution in [0.5, 0.6) is 0 Å². The van der Waals surface area contributed by atoms with Gasteiger partial charge in [-0.25, -0.2) is 4.39 Å². The highest BCUT2D eigenvalue weighted by Crippen LogP contribution is 2.21. The van der Waals surface area contributed by atoms with Gasteiger partial charge in [0, 0.05) is 30.2 Å². The lowest BCUT2D eigenvalue weighted by atomic mass is 10.1. The molecule has 0 heterocycles. The minimum Gasteiger partial charge on any atom is -0.330 e. The topological polar surface area (TPSA) is 29.3 Å². The summed E-state index contributed by atoms with van der Waals surface area (Å²) in [7, 11) is 0. The van der Waals surface area contributed by atoms with Crippen molar-refractivity contribution in [2.24, 2.45) is 5.73 Å². The first-order valence-electron chi connectivity index (χ1n) is 7.10. The van der Waals surface area contributed by atoms with Crippen LogP contribution >= 0.6 is 11.6 Å². The van der Waals surface area contributed by atoms with E-state index in [-0.39, 0.29) is 5.82 Å². The lowest BCUT2D eigenvalue weighted by molar-refractivity contribution is 0.251. The van der Waals surface area contributed by atoms with Crippen molar-refractivity contribution in [1.82, 2.24) is 4.90 Å². The second-order valence-corrected chi connectivity index (χ2v) is 5.45. The van der Waals surface area contributed by atoms with E-state index in [1.165, 1.54) is 11.6 Å². The first-order chi connectivity index (χ1) is 10.2. The number of rotatable bonds is 7. The zero-order valence-electron chi connectivity index (χ0n) is 11.9. The smallest absolute Gasteiger partial charge is 0.129 e. The van der Waals surface area contributed by atoms with Crippen LogP contribution in [0.4, 0.5) is 4.39 Å². The van der Waals surface area contributed by atoms with E-state index in [0.29, 0.717) is 23.7 Å². The molecule has 0 aliphatic rings.